The van der Waals surface area contributed by atoms with Gasteiger partial charge in [0, 0.05) is 32.1 Å². The van der Waals surface area contributed by atoms with E-state index in [0.29, 0.717) is 23.7 Å². The molecule has 0 N–H and O–H groups in total. The molecule has 0 spiro atoms. The number of allylic oxidation sites excluding steroid dienone is 2. The molecule has 7 atom stereocenters. The van der Waals surface area contributed by atoms with E-state index in [2.05, 4.69) is 39.0 Å². The maximum atomic E-state index is 11.6. The van der Waals surface area contributed by atoms with Gasteiger partial charge in [-0.25, -0.2) is 0 Å². The van der Waals surface area contributed by atoms with Crippen molar-refractivity contribution in [2.75, 3.05) is 0 Å². The molecule has 2 fully saturated rings. The van der Waals surface area contributed by atoms with Gasteiger partial charge in [0.1, 0.15) is 12.2 Å². The average molecular weight is 389 g/mol. The number of esters is 2. The Hall–Kier alpha value is -1.58. The van der Waals surface area contributed by atoms with Crippen molar-refractivity contribution in [1.29, 1.82) is 0 Å². The number of fused-ring (bicyclic) bond motifs is 3. The number of ether oxygens (including phenoxy) is 2. The van der Waals surface area contributed by atoms with Crippen LogP contribution in [-0.4, -0.2) is 24.1 Å². The van der Waals surface area contributed by atoms with Gasteiger partial charge in [-0.1, -0.05) is 37.6 Å². The van der Waals surface area contributed by atoms with Crippen molar-refractivity contribution in [2.45, 2.75) is 85.4 Å². The molecule has 3 rings (SSSR count). The zero-order chi connectivity index (χ0) is 20.5. The zero-order valence-electron chi connectivity index (χ0n) is 18.1. The van der Waals surface area contributed by atoms with Gasteiger partial charge in [0.2, 0.25) is 0 Å². The Bertz CT molecular complexity index is 664. The van der Waals surface area contributed by atoms with Crippen LogP contribution in [0.3, 0.4) is 0 Å². The van der Waals surface area contributed by atoms with Gasteiger partial charge in [-0.3, -0.25) is 9.59 Å². The molecular formula is C24H36O4. The van der Waals surface area contributed by atoms with Crippen molar-refractivity contribution in [1.82, 2.24) is 0 Å². The molecule has 0 aromatic carbocycles. The summed E-state index contributed by atoms with van der Waals surface area (Å²) in [4.78, 5) is 23.0. The molecule has 0 bridgehead atoms. The zero-order valence-corrected chi connectivity index (χ0v) is 18.1. The van der Waals surface area contributed by atoms with Crippen molar-refractivity contribution >= 4 is 11.9 Å². The number of rotatable bonds is 2. The molecule has 0 unspecified atom stereocenters. The van der Waals surface area contributed by atoms with Crippen LogP contribution in [0.4, 0.5) is 0 Å². The van der Waals surface area contributed by atoms with Gasteiger partial charge in [0.05, 0.1) is 0 Å². The Morgan fingerprint density at radius 2 is 1.79 bits per heavy atom. The first-order valence-electron chi connectivity index (χ1n) is 10.9. The Labute approximate surface area is 169 Å². The van der Waals surface area contributed by atoms with Gasteiger partial charge in [-0.2, -0.15) is 0 Å². The van der Waals surface area contributed by atoms with Crippen LogP contribution in [0.2, 0.25) is 0 Å². The molecule has 3 aliphatic carbocycles. The van der Waals surface area contributed by atoms with Crippen molar-refractivity contribution in [3.63, 3.8) is 0 Å². The third-order valence-electron chi connectivity index (χ3n) is 7.62. The summed E-state index contributed by atoms with van der Waals surface area (Å²) in [7, 11) is 0. The van der Waals surface area contributed by atoms with Crippen molar-refractivity contribution < 1.29 is 19.1 Å². The van der Waals surface area contributed by atoms with E-state index in [0.717, 1.165) is 38.5 Å². The molecule has 0 amide bonds. The third-order valence-corrected chi connectivity index (χ3v) is 7.62. The second kappa shape index (κ2) is 8.42. The highest BCUT2D eigenvalue weighted by molar-refractivity contribution is 5.66. The van der Waals surface area contributed by atoms with E-state index >= 15 is 0 Å². The largest absolute Gasteiger partial charge is 0.462 e. The maximum Gasteiger partial charge on any atom is 0.302 e. The highest BCUT2D eigenvalue weighted by Crippen LogP contribution is 2.60. The monoisotopic (exact) mass is 388 g/mol. The van der Waals surface area contributed by atoms with Crippen molar-refractivity contribution in [2.24, 2.45) is 29.1 Å². The van der Waals surface area contributed by atoms with Crippen LogP contribution in [0.25, 0.3) is 0 Å². The van der Waals surface area contributed by atoms with Gasteiger partial charge in [-0.05, 0) is 56.3 Å². The quantitative estimate of drug-likeness (QED) is 0.480. The van der Waals surface area contributed by atoms with Crippen LogP contribution >= 0.6 is 0 Å². The van der Waals surface area contributed by atoms with Gasteiger partial charge in [-0.15, -0.1) is 0 Å². The molecule has 156 valence electrons. The van der Waals surface area contributed by atoms with Gasteiger partial charge < -0.3 is 9.47 Å². The summed E-state index contributed by atoms with van der Waals surface area (Å²) in [5, 5.41) is 0. The minimum atomic E-state index is -0.205. The summed E-state index contributed by atoms with van der Waals surface area (Å²) in [6.45, 7) is 9.94. The lowest BCUT2D eigenvalue weighted by molar-refractivity contribution is -0.155. The predicted octanol–water partition coefficient (Wildman–Crippen LogP) is 5.22. The Morgan fingerprint density at radius 1 is 1.07 bits per heavy atom. The van der Waals surface area contributed by atoms with Crippen molar-refractivity contribution in [3.05, 3.63) is 23.8 Å². The Morgan fingerprint density at radius 3 is 2.46 bits per heavy atom. The lowest BCUT2D eigenvalue weighted by atomic mass is 9.55. The van der Waals surface area contributed by atoms with Crippen LogP contribution in [0.5, 0.6) is 0 Å². The van der Waals surface area contributed by atoms with Crippen LogP contribution < -0.4 is 0 Å². The smallest absolute Gasteiger partial charge is 0.302 e. The molecule has 0 radical (unpaired) electrons. The third kappa shape index (κ3) is 4.21. The van der Waals surface area contributed by atoms with Crippen LogP contribution in [-0.2, 0) is 19.1 Å². The maximum absolute atomic E-state index is 11.6. The average Bonchev–Trinajstić information content (AvgIpc) is 2.93. The summed E-state index contributed by atoms with van der Waals surface area (Å²) >= 11 is 0. The highest BCUT2D eigenvalue weighted by atomic mass is 16.5. The fourth-order valence-corrected chi connectivity index (χ4v) is 6.27. The van der Waals surface area contributed by atoms with E-state index in [9.17, 15) is 9.59 Å². The first-order valence-corrected chi connectivity index (χ1v) is 10.9. The van der Waals surface area contributed by atoms with E-state index in [1.165, 1.54) is 19.4 Å². The van der Waals surface area contributed by atoms with Gasteiger partial charge in [0.25, 0.3) is 0 Å². The second-order valence-electron chi connectivity index (χ2n) is 9.45. The highest BCUT2D eigenvalue weighted by Gasteiger charge is 2.56. The summed E-state index contributed by atoms with van der Waals surface area (Å²) in [5.74, 6) is 1.78. The number of hydrogen-bond acceptors (Lipinski definition) is 4. The molecule has 3 aliphatic rings. The minimum Gasteiger partial charge on any atom is -0.462 e. The van der Waals surface area contributed by atoms with Crippen LogP contribution in [0, 0.1) is 29.1 Å². The molecule has 4 heteroatoms. The normalized spacial score (nSPS) is 43.7. The molecule has 0 aromatic rings. The summed E-state index contributed by atoms with van der Waals surface area (Å²) in [6.07, 6.45) is 12.7. The number of carbonyl (C=O) groups excluding carboxylic acids is 2. The minimum absolute atomic E-state index is 0.0557. The summed E-state index contributed by atoms with van der Waals surface area (Å²) in [6, 6.07) is 0. The van der Waals surface area contributed by atoms with E-state index in [1.807, 2.05) is 0 Å². The SMILES string of the molecule is CC(=O)O[C@H]1C/C=C/[C@@H](C)[C@@H]2[C@H](CC[C@]3(C)[C@@H](OC(C)=O)CC[C@@H]23)/C(C)=C/C1. The van der Waals surface area contributed by atoms with E-state index in [-0.39, 0.29) is 29.6 Å². The fraction of sp³-hybridized carbons (Fsp3) is 0.750. The Balaban J connectivity index is 1.86. The van der Waals surface area contributed by atoms with Crippen LogP contribution in [0.15, 0.2) is 23.8 Å². The van der Waals surface area contributed by atoms with E-state index in [4.69, 9.17) is 9.47 Å². The van der Waals surface area contributed by atoms with Gasteiger partial charge in [0.15, 0.2) is 0 Å². The van der Waals surface area contributed by atoms with Gasteiger partial charge >= 0.3 is 11.9 Å². The van der Waals surface area contributed by atoms with Crippen molar-refractivity contribution in [3.8, 4) is 0 Å². The fourth-order valence-electron chi connectivity index (χ4n) is 6.27. The lowest BCUT2D eigenvalue weighted by Crippen LogP contribution is -2.46. The molecule has 0 aromatic heterocycles. The molecule has 4 nitrogen and oxygen atoms in total. The summed E-state index contributed by atoms with van der Waals surface area (Å²) in [5.41, 5.74) is 1.52. The lowest BCUT2D eigenvalue weighted by Gasteiger charge is -2.50. The summed E-state index contributed by atoms with van der Waals surface area (Å²) < 4.78 is 11.3. The first kappa shape index (κ1) is 21.1. The molecule has 2 saturated carbocycles. The Kier molecular flexibility index (Phi) is 6.36. The molecular weight excluding hydrogens is 352 g/mol. The first-order chi connectivity index (χ1) is 13.2. The van der Waals surface area contributed by atoms with E-state index in [1.54, 1.807) is 0 Å². The molecule has 28 heavy (non-hydrogen) atoms. The number of hydrogen-bond donors (Lipinski definition) is 0. The van der Waals surface area contributed by atoms with E-state index < -0.39 is 0 Å². The second-order valence-corrected chi connectivity index (χ2v) is 9.45. The molecule has 0 saturated heterocycles. The predicted molar refractivity (Wildman–Crippen MR) is 109 cm³/mol. The number of carbonyl (C=O) groups is 2. The molecule has 0 heterocycles. The standard InChI is InChI=1S/C24H36O4/c1-15-9-10-19(27-17(3)25)8-6-7-16(2)23-20(15)13-14-24(5)21(23)11-12-22(24)28-18(4)26/h6-7,9,16,19-23H,8,10-14H2,1-5H3/b7-6+,15-9+/t16-,19+,20-,21+,22+,23-,24+/m1/s1. The molecule has 0 aliphatic heterocycles. The van der Waals surface area contributed by atoms with Crippen LogP contribution in [0.1, 0.15) is 73.1 Å². The topological polar surface area (TPSA) is 52.6 Å².